The Labute approximate surface area is 46.8 Å². The van der Waals surface area contributed by atoms with Gasteiger partial charge in [0.2, 0.25) is 0 Å². The van der Waals surface area contributed by atoms with Gasteiger partial charge in [-0.2, -0.15) is 0 Å². The summed E-state index contributed by atoms with van der Waals surface area (Å²) in [7, 11) is -2.15. The molecule has 0 aromatic heterocycles. The molecule has 5 heavy (non-hydrogen) atoms. The minimum atomic E-state index is -2.15. The Hall–Kier alpha value is 1.18. The standard InChI is InChI=1S/ClH2O2P.GeH4/c1-4(2)3;/h2-3H;1H4. The molecular weight excluding hydrogens is 171 g/mol. The Kier molecular flexibility index (Phi) is 9.84. The Balaban J connectivity index is 0. The van der Waals surface area contributed by atoms with E-state index in [0.29, 0.717) is 0 Å². The van der Waals surface area contributed by atoms with Gasteiger partial charge >= 0.3 is 17.6 Å². The van der Waals surface area contributed by atoms with E-state index in [1.807, 2.05) is 0 Å². The van der Waals surface area contributed by atoms with E-state index in [4.69, 9.17) is 9.79 Å². The van der Waals surface area contributed by atoms with Gasteiger partial charge in [0.15, 0.2) is 0 Å². The summed E-state index contributed by atoms with van der Waals surface area (Å²) in [6.07, 6.45) is 0. The van der Waals surface area contributed by atoms with Crippen LogP contribution in [0.4, 0.5) is 0 Å². The zero-order chi connectivity index (χ0) is 3.58. The van der Waals surface area contributed by atoms with Gasteiger partial charge in [-0.3, -0.25) is 0 Å². The molecule has 0 aromatic rings. The maximum atomic E-state index is 7.44. The molecule has 0 saturated heterocycles. The summed E-state index contributed by atoms with van der Waals surface area (Å²) in [6, 6.07) is 0. The average Bonchev–Trinajstić information content (AvgIpc) is 0.811. The summed E-state index contributed by atoms with van der Waals surface area (Å²) in [5, 5.41) is 0. The van der Waals surface area contributed by atoms with Crippen molar-refractivity contribution in [1.82, 2.24) is 0 Å². The van der Waals surface area contributed by atoms with Gasteiger partial charge in [0, 0.05) is 0 Å². The molecule has 0 saturated carbocycles. The molecule has 5 heteroatoms. The van der Waals surface area contributed by atoms with Crippen molar-refractivity contribution in [1.29, 1.82) is 0 Å². The first-order valence-corrected chi connectivity index (χ1v) is 2.72. The van der Waals surface area contributed by atoms with E-state index >= 15 is 0 Å². The fourth-order valence-electron chi connectivity index (χ4n) is 0. The second kappa shape index (κ2) is 5.18. The third-order valence-electron chi connectivity index (χ3n) is 0. The van der Waals surface area contributed by atoms with Crippen LogP contribution in [0.3, 0.4) is 0 Å². The number of rotatable bonds is 0. The number of halogens is 1. The van der Waals surface area contributed by atoms with Crippen LogP contribution in [0, 0.1) is 0 Å². The van der Waals surface area contributed by atoms with Crippen molar-refractivity contribution in [3.05, 3.63) is 0 Å². The molecule has 0 atom stereocenters. The predicted molar refractivity (Wildman–Crippen MR) is 28.5 cm³/mol. The van der Waals surface area contributed by atoms with E-state index < -0.39 is 7.73 Å². The van der Waals surface area contributed by atoms with Gasteiger partial charge in [-0.05, 0) is 11.2 Å². The van der Waals surface area contributed by atoms with Gasteiger partial charge < -0.3 is 9.79 Å². The second-order valence-electron chi connectivity index (χ2n) is 0.241. The first-order chi connectivity index (χ1) is 1.73. The van der Waals surface area contributed by atoms with Crippen molar-refractivity contribution in [2.75, 3.05) is 0 Å². The van der Waals surface area contributed by atoms with Crippen LogP contribution in [-0.2, 0) is 0 Å². The van der Waals surface area contributed by atoms with Crippen LogP contribution in [0.15, 0.2) is 0 Å². The molecule has 2 N–H and O–H groups in total. The van der Waals surface area contributed by atoms with Crippen LogP contribution in [0.5, 0.6) is 0 Å². The van der Waals surface area contributed by atoms with E-state index in [-0.39, 0.29) is 17.6 Å². The molecule has 0 heterocycles. The molecule has 2 nitrogen and oxygen atoms in total. The van der Waals surface area contributed by atoms with E-state index in [9.17, 15) is 0 Å². The van der Waals surface area contributed by atoms with Crippen molar-refractivity contribution in [3.8, 4) is 0 Å². The third-order valence-corrected chi connectivity index (χ3v) is 0. The molecule has 0 unspecified atom stereocenters. The zero-order valence-corrected chi connectivity index (χ0v) is 3.37. The fraction of sp³-hybridized carbons (Fsp3) is 0. The molecule has 34 valence electrons. The van der Waals surface area contributed by atoms with E-state index in [2.05, 4.69) is 11.2 Å². The minimum absolute atomic E-state index is 0. The molecule has 0 aliphatic carbocycles. The zero-order valence-electron chi connectivity index (χ0n) is 1.72. The van der Waals surface area contributed by atoms with Crippen LogP contribution in [0.25, 0.3) is 0 Å². The Morgan fingerprint density at radius 2 is 1.40 bits per heavy atom. The first-order valence-electron chi connectivity index (χ1n) is 0.569. The van der Waals surface area contributed by atoms with Gasteiger partial charge in [0.25, 0.3) is 7.73 Å². The van der Waals surface area contributed by atoms with Crippen LogP contribution in [-0.4, -0.2) is 27.4 Å². The number of hydrogen-bond donors (Lipinski definition) is 2. The summed E-state index contributed by atoms with van der Waals surface area (Å²) in [5.74, 6) is 0. The first kappa shape index (κ1) is 9.49. The monoisotopic (exact) mass is 178 g/mol. The molecule has 0 radical (unpaired) electrons. The second-order valence-corrected chi connectivity index (χ2v) is 1.63. The van der Waals surface area contributed by atoms with E-state index in [0.717, 1.165) is 0 Å². The summed E-state index contributed by atoms with van der Waals surface area (Å²) >= 11 is 4.45. The van der Waals surface area contributed by atoms with Crippen molar-refractivity contribution >= 4 is 36.6 Å². The van der Waals surface area contributed by atoms with Gasteiger partial charge in [-0.1, -0.05) is 0 Å². The quantitative estimate of drug-likeness (QED) is 0.367. The van der Waals surface area contributed by atoms with Crippen molar-refractivity contribution in [2.45, 2.75) is 0 Å². The molecule has 0 aliphatic heterocycles. The molecule has 0 amide bonds. The molecule has 0 aliphatic rings. The molecular formula is H6ClGeO2P. The summed E-state index contributed by atoms with van der Waals surface area (Å²) in [4.78, 5) is 14.9. The Morgan fingerprint density at radius 1 is 1.40 bits per heavy atom. The Bertz CT molecular complexity index is 14.4. The molecule has 0 rings (SSSR count). The van der Waals surface area contributed by atoms with E-state index in [1.54, 1.807) is 0 Å². The van der Waals surface area contributed by atoms with Crippen LogP contribution >= 0.6 is 19.0 Å². The number of hydrogen-bond acceptors (Lipinski definition) is 2. The van der Waals surface area contributed by atoms with Crippen molar-refractivity contribution in [3.63, 3.8) is 0 Å². The summed E-state index contributed by atoms with van der Waals surface area (Å²) in [5.41, 5.74) is 0. The van der Waals surface area contributed by atoms with Crippen LogP contribution < -0.4 is 0 Å². The van der Waals surface area contributed by atoms with Crippen LogP contribution in [0.1, 0.15) is 0 Å². The topological polar surface area (TPSA) is 40.5 Å². The molecule has 0 bridgehead atoms. The summed E-state index contributed by atoms with van der Waals surface area (Å²) in [6.45, 7) is 0. The molecule has 0 fully saturated rings. The van der Waals surface area contributed by atoms with Gasteiger partial charge in [0.1, 0.15) is 0 Å². The van der Waals surface area contributed by atoms with E-state index in [1.165, 1.54) is 0 Å². The summed E-state index contributed by atoms with van der Waals surface area (Å²) < 4.78 is 0. The molecule has 0 spiro atoms. The fourth-order valence-corrected chi connectivity index (χ4v) is 0. The van der Waals surface area contributed by atoms with Gasteiger partial charge in [0.05, 0.1) is 0 Å². The average molecular weight is 177 g/mol. The SMILES string of the molecule is OP(O)Cl.[GeH4]. The maximum absolute atomic E-state index is 7.44. The van der Waals surface area contributed by atoms with Gasteiger partial charge in [-0.15, -0.1) is 0 Å². The Morgan fingerprint density at radius 3 is 1.40 bits per heavy atom. The predicted octanol–water partition coefficient (Wildman–Crippen LogP) is -1.01. The normalized spacial score (nSPS) is 7.20. The third kappa shape index (κ3) is 37.5. The molecule has 0 aromatic carbocycles. The van der Waals surface area contributed by atoms with Crippen molar-refractivity contribution < 1.29 is 9.79 Å². The van der Waals surface area contributed by atoms with Crippen molar-refractivity contribution in [2.24, 2.45) is 0 Å². The van der Waals surface area contributed by atoms with Gasteiger partial charge in [-0.25, -0.2) is 0 Å². The van der Waals surface area contributed by atoms with Crippen LogP contribution in [0.2, 0.25) is 0 Å².